The molecule has 2 nitrogen and oxygen atoms in total. The van der Waals surface area contributed by atoms with Crippen molar-refractivity contribution in [3.63, 3.8) is 0 Å². The molecule has 0 spiro atoms. The summed E-state index contributed by atoms with van der Waals surface area (Å²) < 4.78 is 3.83. The van der Waals surface area contributed by atoms with E-state index in [4.69, 9.17) is 4.98 Å². The van der Waals surface area contributed by atoms with Crippen LogP contribution in [-0.4, -0.2) is 4.98 Å². The largest absolute Gasteiger partial charge is 0.311 e. The number of aromatic nitrogens is 1. The highest BCUT2D eigenvalue weighted by molar-refractivity contribution is 7.27. The van der Waals surface area contributed by atoms with Crippen molar-refractivity contribution in [2.24, 2.45) is 0 Å². The van der Waals surface area contributed by atoms with Crippen LogP contribution in [0.3, 0.4) is 0 Å². The summed E-state index contributed by atoms with van der Waals surface area (Å²) in [5, 5.41) is 3.61. The Morgan fingerprint density at radius 3 is 1.40 bits per heavy atom. The number of benzene rings is 8. The van der Waals surface area contributed by atoms with E-state index in [0.717, 1.165) is 27.6 Å². The lowest BCUT2D eigenvalue weighted by Gasteiger charge is -2.26. The fourth-order valence-corrected chi connectivity index (χ4v) is 9.58. The van der Waals surface area contributed by atoms with Gasteiger partial charge in [0.05, 0.1) is 10.2 Å². The first-order chi connectivity index (χ1) is 26.2. The first kappa shape index (κ1) is 31.4. The fraction of sp³-hybridized carbons (Fsp3) is 0. The number of hydrogen-bond donors (Lipinski definition) is 0. The summed E-state index contributed by atoms with van der Waals surface area (Å²) in [6.07, 6.45) is 0. The van der Waals surface area contributed by atoms with Crippen molar-refractivity contribution in [2.75, 3.05) is 4.90 Å². The first-order valence-corrected chi connectivity index (χ1v) is 19.4. The highest BCUT2D eigenvalue weighted by Gasteiger charge is 2.17. The van der Waals surface area contributed by atoms with Crippen LogP contribution in [0.5, 0.6) is 0 Å². The van der Waals surface area contributed by atoms with Crippen molar-refractivity contribution in [3.8, 4) is 44.0 Å². The lowest BCUT2D eigenvalue weighted by atomic mass is 10.0. The van der Waals surface area contributed by atoms with Gasteiger partial charge in [-0.2, -0.15) is 0 Å². The predicted molar refractivity (Wildman–Crippen MR) is 229 cm³/mol. The Hall–Kier alpha value is -6.33. The molecule has 0 saturated carbocycles. The topological polar surface area (TPSA) is 16.1 Å². The smallest absolute Gasteiger partial charge is 0.124 e. The Morgan fingerprint density at radius 1 is 0.358 bits per heavy atom. The van der Waals surface area contributed by atoms with Crippen molar-refractivity contribution in [1.82, 2.24) is 4.98 Å². The minimum atomic E-state index is 1.06. The maximum Gasteiger partial charge on any atom is 0.124 e. The van der Waals surface area contributed by atoms with Crippen LogP contribution < -0.4 is 4.90 Å². The average Bonchev–Trinajstić information content (AvgIpc) is 3.82. The number of anilines is 3. The number of thiophene rings is 1. The third-order valence-electron chi connectivity index (χ3n) is 9.93. The van der Waals surface area contributed by atoms with E-state index in [9.17, 15) is 0 Å². The molecule has 2 heterocycles. The van der Waals surface area contributed by atoms with Crippen LogP contribution in [0.25, 0.3) is 74.3 Å². The summed E-state index contributed by atoms with van der Waals surface area (Å²) in [7, 11) is 0. The summed E-state index contributed by atoms with van der Waals surface area (Å²) in [6.45, 7) is 0. The predicted octanol–water partition coefficient (Wildman–Crippen LogP) is 14.8. The van der Waals surface area contributed by atoms with Gasteiger partial charge in [0.15, 0.2) is 0 Å². The van der Waals surface area contributed by atoms with E-state index in [2.05, 4.69) is 199 Å². The molecule has 10 aromatic rings. The molecule has 0 atom stereocenters. The molecule has 8 aromatic carbocycles. The van der Waals surface area contributed by atoms with Crippen molar-refractivity contribution < 1.29 is 0 Å². The zero-order chi connectivity index (χ0) is 35.1. The summed E-state index contributed by atoms with van der Waals surface area (Å²) >= 11 is 3.64. The second kappa shape index (κ2) is 13.3. The van der Waals surface area contributed by atoms with Crippen molar-refractivity contribution in [3.05, 3.63) is 194 Å². The van der Waals surface area contributed by atoms with Gasteiger partial charge in [0.1, 0.15) is 5.01 Å². The summed E-state index contributed by atoms with van der Waals surface area (Å²) in [4.78, 5) is 7.38. The van der Waals surface area contributed by atoms with Crippen molar-refractivity contribution in [1.29, 1.82) is 0 Å². The lowest BCUT2D eigenvalue weighted by Crippen LogP contribution is -2.09. The molecule has 250 valence electrons. The zero-order valence-corrected chi connectivity index (χ0v) is 30.3. The van der Waals surface area contributed by atoms with Gasteiger partial charge in [-0.1, -0.05) is 146 Å². The Kier molecular flexibility index (Phi) is 7.90. The highest BCUT2D eigenvalue weighted by atomic mass is 32.1. The molecule has 0 unspecified atom stereocenters. The minimum Gasteiger partial charge on any atom is -0.311 e. The van der Waals surface area contributed by atoms with Crippen LogP contribution in [0.4, 0.5) is 17.1 Å². The van der Waals surface area contributed by atoms with Crippen molar-refractivity contribution in [2.45, 2.75) is 0 Å². The maximum atomic E-state index is 5.03. The van der Waals surface area contributed by atoms with Crippen LogP contribution in [0.2, 0.25) is 0 Å². The van der Waals surface area contributed by atoms with Gasteiger partial charge in [0, 0.05) is 42.8 Å². The fourth-order valence-electron chi connectivity index (χ4n) is 7.26. The third kappa shape index (κ3) is 5.88. The average molecular weight is 713 g/mol. The first-order valence-electron chi connectivity index (χ1n) is 17.8. The molecule has 53 heavy (non-hydrogen) atoms. The van der Waals surface area contributed by atoms with E-state index in [0.29, 0.717) is 0 Å². The second-order valence-corrected chi connectivity index (χ2v) is 15.3. The van der Waals surface area contributed by atoms with Gasteiger partial charge in [-0.3, -0.25) is 0 Å². The molecule has 0 aliphatic heterocycles. The van der Waals surface area contributed by atoms with Crippen LogP contribution in [0, 0.1) is 0 Å². The molecular formula is C49H32N2S2. The quantitative estimate of drug-likeness (QED) is 0.164. The van der Waals surface area contributed by atoms with Crippen LogP contribution in [0.1, 0.15) is 0 Å². The Labute approximate surface area is 316 Å². The maximum absolute atomic E-state index is 5.03. The second-order valence-electron chi connectivity index (χ2n) is 13.2. The molecule has 4 heteroatoms. The molecule has 0 N–H and O–H groups in total. The highest BCUT2D eigenvalue weighted by Crippen LogP contribution is 2.44. The van der Waals surface area contributed by atoms with Gasteiger partial charge in [-0.05, 0) is 81.9 Å². The molecule has 2 aromatic heterocycles. The SMILES string of the molecule is c1ccc(-c2ccc(N(c3ccc(-c4ccccc4)cc3)c3ccc(-c4cccc5c4sc4cc6sc(-c7ccccc7)nc6cc45)cc3)cc2)cc1. The van der Waals surface area contributed by atoms with E-state index in [1.54, 1.807) is 11.3 Å². The number of thiazole rings is 1. The molecule has 0 amide bonds. The van der Waals surface area contributed by atoms with Crippen LogP contribution in [0.15, 0.2) is 194 Å². The van der Waals surface area contributed by atoms with Gasteiger partial charge < -0.3 is 4.90 Å². The standard InChI is InChI=1S/C49H32N2S2/c1-4-11-33(12-5-1)35-19-25-39(26-20-35)51(40-27-21-36(22-28-40)34-13-6-2-7-14-34)41-29-23-37(24-30-41)42-17-10-18-43-44-31-45-47(32-46(44)52-48(42)43)53-49(50-45)38-15-8-3-9-16-38/h1-32H. The number of nitrogens with zero attached hydrogens (tertiary/aromatic N) is 2. The normalized spacial score (nSPS) is 11.4. The molecule has 0 fully saturated rings. The zero-order valence-electron chi connectivity index (χ0n) is 28.7. The minimum absolute atomic E-state index is 1.06. The van der Waals surface area contributed by atoms with Gasteiger partial charge in [0.25, 0.3) is 0 Å². The van der Waals surface area contributed by atoms with E-state index in [-0.39, 0.29) is 0 Å². The molecule has 0 bridgehead atoms. The Balaban J connectivity index is 1.02. The molecule has 0 saturated heterocycles. The van der Waals surface area contributed by atoms with Gasteiger partial charge in [-0.15, -0.1) is 22.7 Å². The number of rotatable bonds is 7. The number of fused-ring (bicyclic) bond motifs is 4. The van der Waals surface area contributed by atoms with Gasteiger partial charge >= 0.3 is 0 Å². The van der Waals surface area contributed by atoms with Crippen LogP contribution in [-0.2, 0) is 0 Å². The lowest BCUT2D eigenvalue weighted by molar-refractivity contribution is 1.28. The Bertz CT molecular complexity index is 2760. The summed E-state index contributed by atoms with van der Waals surface area (Å²) in [6, 6.07) is 69.7. The monoisotopic (exact) mass is 712 g/mol. The van der Waals surface area contributed by atoms with E-state index >= 15 is 0 Å². The Morgan fingerprint density at radius 2 is 0.849 bits per heavy atom. The molecule has 0 aliphatic rings. The number of hydrogen-bond acceptors (Lipinski definition) is 4. The molecule has 10 rings (SSSR count). The third-order valence-corrected chi connectivity index (χ3v) is 12.2. The van der Waals surface area contributed by atoms with E-state index in [1.807, 2.05) is 11.3 Å². The summed E-state index contributed by atoms with van der Waals surface area (Å²) in [5.74, 6) is 0. The molecular weight excluding hydrogens is 681 g/mol. The molecule has 0 aliphatic carbocycles. The van der Waals surface area contributed by atoms with Crippen molar-refractivity contribution >= 4 is 70.1 Å². The van der Waals surface area contributed by atoms with E-state index < -0.39 is 0 Å². The van der Waals surface area contributed by atoms with E-state index in [1.165, 1.54) is 63.8 Å². The van der Waals surface area contributed by atoms with Gasteiger partial charge in [0.2, 0.25) is 0 Å². The van der Waals surface area contributed by atoms with Crippen LogP contribution >= 0.6 is 22.7 Å². The summed E-state index contributed by atoms with van der Waals surface area (Å²) in [5.41, 5.74) is 12.8. The molecule has 0 radical (unpaired) electrons. The van der Waals surface area contributed by atoms with Gasteiger partial charge in [-0.25, -0.2) is 4.98 Å².